The van der Waals surface area contributed by atoms with Gasteiger partial charge in [0.15, 0.2) is 5.76 Å². The first kappa shape index (κ1) is 21.0. The van der Waals surface area contributed by atoms with Crippen molar-refractivity contribution in [3.05, 3.63) is 65.2 Å². The van der Waals surface area contributed by atoms with Crippen LogP contribution in [0.25, 0.3) is 11.0 Å². The van der Waals surface area contributed by atoms with Gasteiger partial charge in [0.1, 0.15) is 11.4 Å². The highest BCUT2D eigenvalue weighted by Gasteiger charge is 2.25. The third-order valence-corrected chi connectivity index (χ3v) is 6.10. The molecular formula is C21H23FN2O4S. The molecule has 0 aliphatic carbocycles. The van der Waals surface area contributed by atoms with E-state index in [0.717, 1.165) is 0 Å². The quantitative estimate of drug-likeness (QED) is 0.658. The fourth-order valence-corrected chi connectivity index (χ4v) is 4.69. The number of fused-ring (bicyclic) bond motifs is 1. The Morgan fingerprint density at radius 2 is 1.83 bits per heavy atom. The van der Waals surface area contributed by atoms with Gasteiger partial charge in [0, 0.05) is 23.0 Å². The molecule has 8 heteroatoms. The zero-order valence-electron chi connectivity index (χ0n) is 16.7. The summed E-state index contributed by atoms with van der Waals surface area (Å²) in [4.78, 5) is 12.7. The van der Waals surface area contributed by atoms with Crippen LogP contribution in [0.15, 0.2) is 51.8 Å². The summed E-state index contributed by atoms with van der Waals surface area (Å²) in [5.74, 6) is -0.854. The van der Waals surface area contributed by atoms with Crippen molar-refractivity contribution in [3.63, 3.8) is 0 Å². The van der Waals surface area contributed by atoms with Crippen molar-refractivity contribution in [2.45, 2.75) is 44.7 Å². The van der Waals surface area contributed by atoms with E-state index >= 15 is 0 Å². The molecule has 29 heavy (non-hydrogen) atoms. The molecule has 0 unspecified atom stereocenters. The van der Waals surface area contributed by atoms with Gasteiger partial charge in [0.25, 0.3) is 5.91 Å². The maximum absolute atomic E-state index is 13.5. The molecule has 0 radical (unpaired) electrons. The molecular weight excluding hydrogens is 395 g/mol. The Morgan fingerprint density at radius 1 is 1.14 bits per heavy atom. The van der Waals surface area contributed by atoms with Gasteiger partial charge < -0.3 is 9.73 Å². The number of benzene rings is 2. The van der Waals surface area contributed by atoms with E-state index in [1.807, 2.05) is 0 Å². The molecule has 6 nitrogen and oxygen atoms in total. The second kappa shape index (κ2) is 7.61. The Morgan fingerprint density at radius 3 is 2.52 bits per heavy atom. The van der Waals surface area contributed by atoms with Gasteiger partial charge in [-0.15, -0.1) is 0 Å². The minimum atomic E-state index is -3.76. The zero-order valence-corrected chi connectivity index (χ0v) is 17.5. The first-order valence-corrected chi connectivity index (χ1v) is 10.5. The van der Waals surface area contributed by atoms with Crippen LogP contribution in [-0.2, 0) is 16.6 Å². The van der Waals surface area contributed by atoms with Crippen LogP contribution in [0, 0.1) is 12.7 Å². The molecule has 1 aromatic heterocycles. The van der Waals surface area contributed by atoms with Crippen molar-refractivity contribution >= 4 is 26.9 Å². The number of hydrogen-bond acceptors (Lipinski definition) is 4. The Hall–Kier alpha value is -2.71. The minimum Gasteiger partial charge on any atom is -0.451 e. The summed E-state index contributed by atoms with van der Waals surface area (Å²) in [6, 6.07) is 10.5. The van der Waals surface area contributed by atoms with E-state index in [0.29, 0.717) is 22.1 Å². The molecule has 0 bridgehead atoms. The van der Waals surface area contributed by atoms with Crippen molar-refractivity contribution in [3.8, 4) is 0 Å². The number of carbonyl (C=O) groups excluding carboxylic acids is 1. The summed E-state index contributed by atoms with van der Waals surface area (Å²) >= 11 is 0. The number of furan rings is 1. The predicted molar refractivity (Wildman–Crippen MR) is 109 cm³/mol. The smallest absolute Gasteiger partial charge is 0.287 e. The fourth-order valence-electron chi connectivity index (χ4n) is 3.04. The first-order valence-electron chi connectivity index (χ1n) is 9.07. The normalized spacial score (nSPS) is 12.3. The molecule has 0 atom stereocenters. The number of amides is 1. The Kier molecular flexibility index (Phi) is 5.51. The lowest BCUT2D eigenvalue weighted by Crippen LogP contribution is -2.41. The molecule has 1 heterocycles. The van der Waals surface area contributed by atoms with Crippen LogP contribution in [0.3, 0.4) is 0 Å². The number of carbonyl (C=O) groups is 1. The highest BCUT2D eigenvalue weighted by Crippen LogP contribution is 2.26. The topological polar surface area (TPSA) is 88.4 Å². The van der Waals surface area contributed by atoms with Gasteiger partial charge in [-0.2, -0.15) is 0 Å². The van der Waals surface area contributed by atoms with Crippen molar-refractivity contribution in [1.29, 1.82) is 0 Å². The van der Waals surface area contributed by atoms with Crippen LogP contribution in [0.1, 0.15) is 42.5 Å². The molecule has 0 fully saturated rings. The third-order valence-electron chi connectivity index (χ3n) is 4.25. The van der Waals surface area contributed by atoms with E-state index in [9.17, 15) is 17.6 Å². The maximum Gasteiger partial charge on any atom is 0.287 e. The average molecular weight is 418 g/mol. The number of sulfonamides is 1. The summed E-state index contributed by atoms with van der Waals surface area (Å²) in [6.45, 7) is 6.92. The Bertz CT molecular complexity index is 1180. The molecule has 0 saturated heterocycles. The average Bonchev–Trinajstić information content (AvgIpc) is 2.94. The monoisotopic (exact) mass is 418 g/mol. The summed E-state index contributed by atoms with van der Waals surface area (Å²) in [5, 5.41) is 3.21. The Labute approximate surface area is 169 Å². The highest BCUT2D eigenvalue weighted by atomic mass is 32.2. The van der Waals surface area contributed by atoms with E-state index in [4.69, 9.17) is 4.42 Å². The van der Waals surface area contributed by atoms with E-state index in [1.165, 1.54) is 24.3 Å². The highest BCUT2D eigenvalue weighted by molar-refractivity contribution is 7.89. The van der Waals surface area contributed by atoms with Gasteiger partial charge in [-0.1, -0.05) is 18.2 Å². The third kappa shape index (κ3) is 4.65. The number of aryl methyl sites for hydroxylation is 1. The van der Waals surface area contributed by atoms with E-state index in [2.05, 4.69) is 10.0 Å². The zero-order chi connectivity index (χ0) is 21.4. The summed E-state index contributed by atoms with van der Waals surface area (Å²) in [6.07, 6.45) is 0. The largest absolute Gasteiger partial charge is 0.451 e. The minimum absolute atomic E-state index is 0.00902. The molecule has 0 aliphatic rings. The van der Waals surface area contributed by atoms with Gasteiger partial charge in [-0.3, -0.25) is 4.79 Å². The van der Waals surface area contributed by atoms with Gasteiger partial charge >= 0.3 is 0 Å². The van der Waals surface area contributed by atoms with Gasteiger partial charge in [0.05, 0.1) is 4.90 Å². The number of halogens is 1. The van der Waals surface area contributed by atoms with Crippen LogP contribution in [0.4, 0.5) is 4.39 Å². The van der Waals surface area contributed by atoms with Crippen LogP contribution in [-0.4, -0.2) is 19.9 Å². The van der Waals surface area contributed by atoms with E-state index < -0.39 is 27.3 Å². The van der Waals surface area contributed by atoms with E-state index in [-0.39, 0.29) is 17.2 Å². The molecule has 3 rings (SSSR count). The Balaban J connectivity index is 1.84. The molecule has 0 spiro atoms. The van der Waals surface area contributed by atoms with Crippen molar-refractivity contribution in [2.24, 2.45) is 0 Å². The van der Waals surface area contributed by atoms with Gasteiger partial charge in [0.2, 0.25) is 10.0 Å². The fraction of sp³-hybridized carbons (Fsp3) is 0.286. The van der Waals surface area contributed by atoms with Crippen molar-refractivity contribution < 1.29 is 22.0 Å². The molecule has 3 aromatic rings. The number of rotatable bonds is 5. The SMILES string of the molecule is Cc1c(C(=O)NCc2ccccc2S(=O)(=O)NC(C)(C)C)oc2ccc(F)cc12. The second-order valence-corrected chi connectivity index (χ2v) is 9.49. The van der Waals surface area contributed by atoms with Crippen molar-refractivity contribution in [2.75, 3.05) is 0 Å². The summed E-state index contributed by atoms with van der Waals surface area (Å²) in [5.41, 5.74) is 0.728. The predicted octanol–water partition coefficient (Wildman–Crippen LogP) is 3.89. The maximum atomic E-state index is 13.5. The van der Waals surface area contributed by atoms with Crippen LogP contribution in [0.5, 0.6) is 0 Å². The molecule has 2 aromatic carbocycles. The van der Waals surface area contributed by atoms with Gasteiger partial charge in [-0.05, 0) is 57.5 Å². The molecule has 0 saturated carbocycles. The molecule has 154 valence electrons. The molecule has 2 N–H and O–H groups in total. The van der Waals surface area contributed by atoms with Gasteiger partial charge in [-0.25, -0.2) is 17.5 Å². The lowest BCUT2D eigenvalue weighted by Gasteiger charge is -2.21. The molecule has 1 amide bonds. The summed E-state index contributed by atoms with van der Waals surface area (Å²) < 4.78 is 47.0. The van der Waals surface area contributed by atoms with Crippen LogP contribution in [0.2, 0.25) is 0 Å². The van der Waals surface area contributed by atoms with Crippen LogP contribution >= 0.6 is 0 Å². The number of hydrogen-bond donors (Lipinski definition) is 2. The first-order chi connectivity index (χ1) is 13.5. The standard InChI is InChI=1S/C21H23FN2O4S/c1-13-16-11-15(22)9-10-17(16)28-19(13)20(25)23-12-14-7-5-6-8-18(14)29(26,27)24-21(2,3)4/h5-11,24H,12H2,1-4H3,(H,23,25). The summed E-state index contributed by atoms with van der Waals surface area (Å²) in [7, 11) is -3.76. The molecule has 0 aliphatic heterocycles. The van der Waals surface area contributed by atoms with Crippen molar-refractivity contribution in [1.82, 2.24) is 10.0 Å². The second-order valence-electron chi connectivity index (χ2n) is 7.84. The number of nitrogens with one attached hydrogen (secondary N) is 2. The lowest BCUT2D eigenvalue weighted by molar-refractivity contribution is 0.0924. The lowest BCUT2D eigenvalue weighted by atomic mass is 10.1. The van der Waals surface area contributed by atoms with Crippen LogP contribution < -0.4 is 10.0 Å². The van der Waals surface area contributed by atoms with E-state index in [1.54, 1.807) is 45.9 Å².